The van der Waals surface area contributed by atoms with E-state index in [0.29, 0.717) is 17.0 Å². The fourth-order valence-corrected chi connectivity index (χ4v) is 4.23. The molecule has 0 aliphatic rings. The van der Waals surface area contributed by atoms with Gasteiger partial charge in [-0.3, -0.25) is 9.59 Å². The number of carbonyl (C=O) groups excluding carboxylic acids is 2. The topological polar surface area (TPSA) is 105 Å². The van der Waals surface area contributed by atoms with E-state index in [9.17, 15) is 14.7 Å². The van der Waals surface area contributed by atoms with Crippen LogP contribution in [0.4, 0.5) is 5.69 Å². The third kappa shape index (κ3) is 5.74. The van der Waals surface area contributed by atoms with Crippen LogP contribution in [0.1, 0.15) is 27.9 Å². The zero-order valence-electron chi connectivity index (χ0n) is 19.4. The highest BCUT2D eigenvalue weighted by Crippen LogP contribution is 2.45. The van der Waals surface area contributed by atoms with Gasteiger partial charge in [-0.15, -0.1) is 0 Å². The van der Waals surface area contributed by atoms with Crippen molar-refractivity contribution in [1.29, 1.82) is 0 Å². The first kappa shape index (κ1) is 24.3. The van der Waals surface area contributed by atoms with Crippen LogP contribution in [0.15, 0.2) is 64.0 Å². The Kier molecular flexibility index (Phi) is 7.45. The van der Waals surface area contributed by atoms with Crippen molar-refractivity contribution in [1.82, 2.24) is 10.1 Å². The normalized spacial score (nSPS) is 12.7. The van der Waals surface area contributed by atoms with E-state index in [1.54, 1.807) is 31.4 Å². The summed E-state index contributed by atoms with van der Waals surface area (Å²) < 4.78 is 10.1. The van der Waals surface area contributed by atoms with Crippen LogP contribution in [0.3, 0.4) is 0 Å². The predicted octanol–water partition coefficient (Wildman–Crippen LogP) is 3.68. The molecule has 2 amide bonds. The van der Waals surface area contributed by atoms with Crippen molar-refractivity contribution in [2.45, 2.75) is 17.5 Å². The van der Waals surface area contributed by atoms with Crippen LogP contribution in [-0.4, -0.2) is 59.9 Å². The van der Waals surface area contributed by atoms with Crippen molar-refractivity contribution in [3.05, 3.63) is 71.6 Å². The Hall–Kier alpha value is -3.30. The third-order valence-corrected chi connectivity index (χ3v) is 6.84. The number of aromatic nitrogens is 1. The molecule has 0 bridgehead atoms. The Morgan fingerprint density at radius 3 is 2.27 bits per heavy atom. The number of benzene rings is 2. The van der Waals surface area contributed by atoms with Gasteiger partial charge in [-0.25, -0.2) is 10.0 Å². The summed E-state index contributed by atoms with van der Waals surface area (Å²) in [4.78, 5) is 28.9. The number of ether oxygens (including phenoxy) is 1. The van der Waals surface area contributed by atoms with E-state index in [1.165, 1.54) is 22.9 Å². The second-order valence-corrected chi connectivity index (χ2v) is 12.4. The van der Waals surface area contributed by atoms with E-state index >= 15 is 0 Å². The zero-order chi connectivity index (χ0) is 24.2. The Morgan fingerprint density at radius 2 is 1.76 bits per heavy atom. The van der Waals surface area contributed by atoms with Crippen LogP contribution in [-0.2, 0) is 11.4 Å². The van der Waals surface area contributed by atoms with Crippen molar-refractivity contribution in [2.75, 3.05) is 38.2 Å². The molecule has 0 aliphatic carbocycles. The van der Waals surface area contributed by atoms with Gasteiger partial charge in [-0.05, 0) is 65.6 Å². The minimum atomic E-state index is -0.939. The van der Waals surface area contributed by atoms with Gasteiger partial charge in [-0.2, -0.15) is 0 Å². The highest BCUT2D eigenvalue weighted by Gasteiger charge is 2.31. The number of amides is 2. The summed E-state index contributed by atoms with van der Waals surface area (Å²) in [7, 11) is 2.20. The monoisotopic (exact) mass is 471 g/mol. The van der Waals surface area contributed by atoms with Crippen LogP contribution >= 0.6 is 10.0 Å². The fourth-order valence-electron chi connectivity index (χ4n) is 3.28. The van der Waals surface area contributed by atoms with Crippen molar-refractivity contribution >= 4 is 27.5 Å². The molecule has 1 unspecified atom stereocenters. The van der Waals surface area contributed by atoms with Gasteiger partial charge in [0.1, 0.15) is 18.4 Å². The first-order valence-corrected chi connectivity index (χ1v) is 13.1. The summed E-state index contributed by atoms with van der Waals surface area (Å²) >= 11 is 0. The van der Waals surface area contributed by atoms with Crippen molar-refractivity contribution in [2.24, 2.45) is 0 Å². The molecule has 1 aromatic heterocycles. The van der Waals surface area contributed by atoms with E-state index in [-0.39, 0.29) is 24.0 Å². The van der Waals surface area contributed by atoms with E-state index in [2.05, 4.69) is 29.2 Å². The van der Waals surface area contributed by atoms with Crippen LogP contribution < -0.4 is 10.1 Å². The summed E-state index contributed by atoms with van der Waals surface area (Å²) in [5, 5.41) is 15.8. The lowest BCUT2D eigenvalue weighted by molar-refractivity contribution is -0.120. The lowest BCUT2D eigenvalue weighted by Gasteiger charge is -2.28. The number of aliphatic hydroxyl groups excluding tert-OH is 1. The van der Waals surface area contributed by atoms with Crippen LogP contribution in [0.25, 0.3) is 0 Å². The number of likely N-dealkylation sites (N-methyl/N-ethyl adjacent to an activating group) is 1. The average Bonchev–Trinajstić information content (AvgIpc) is 3.28. The maximum absolute atomic E-state index is 13.4. The fraction of sp³-hybridized carbons (Fsp3) is 0.292. The van der Waals surface area contributed by atoms with Gasteiger partial charge in [0.05, 0.1) is 7.11 Å². The second-order valence-electron chi connectivity index (χ2n) is 8.28. The summed E-state index contributed by atoms with van der Waals surface area (Å²) in [6.45, 7) is -0.376. The summed E-state index contributed by atoms with van der Waals surface area (Å²) in [5.41, 5.74) is 1.24. The van der Waals surface area contributed by atoms with E-state index < -0.39 is 22.0 Å². The van der Waals surface area contributed by atoms with E-state index in [0.717, 1.165) is 0 Å². The second kappa shape index (κ2) is 10.1. The van der Waals surface area contributed by atoms with Crippen molar-refractivity contribution < 1.29 is 24.0 Å². The van der Waals surface area contributed by atoms with Gasteiger partial charge in [0.2, 0.25) is 0 Å². The molecule has 176 valence electrons. The molecule has 1 atom stereocenters. The molecular weight excluding hydrogens is 442 g/mol. The number of anilines is 1. The standard InChI is InChI=1S/C24H29N3O5S/c1-27(24(30)21-14-19(15-28)32-26-21)22(16-6-10-18(31-2)11-7-16)23(29)25-17-8-12-20(13-9-17)33(3,4)5/h6-14,22,28H,15H2,1-5H3,(H,25,29). The number of rotatable bonds is 8. The molecule has 2 aromatic carbocycles. The molecule has 33 heavy (non-hydrogen) atoms. The van der Waals surface area contributed by atoms with Crippen molar-refractivity contribution in [3.8, 4) is 5.75 Å². The number of carbonyl (C=O) groups is 2. The number of aliphatic hydroxyl groups is 1. The maximum atomic E-state index is 13.4. The molecule has 0 saturated carbocycles. The Labute approximate surface area is 194 Å². The summed E-state index contributed by atoms with van der Waals surface area (Å²) in [6, 6.07) is 15.1. The summed E-state index contributed by atoms with van der Waals surface area (Å²) in [6.07, 6.45) is 6.60. The number of nitrogens with one attached hydrogen (secondary N) is 1. The molecule has 0 saturated heterocycles. The Morgan fingerprint density at radius 1 is 1.12 bits per heavy atom. The SMILES string of the molecule is COc1ccc(C(C(=O)Nc2ccc(S(C)(C)C)cc2)N(C)C(=O)c2cc(CO)on2)cc1. The smallest absolute Gasteiger partial charge is 0.276 e. The quantitative estimate of drug-likeness (QED) is 0.519. The highest BCUT2D eigenvalue weighted by atomic mass is 32.3. The molecule has 9 heteroatoms. The highest BCUT2D eigenvalue weighted by molar-refractivity contribution is 8.32. The largest absolute Gasteiger partial charge is 0.497 e. The van der Waals surface area contributed by atoms with E-state index in [4.69, 9.17) is 9.26 Å². The number of nitrogens with zero attached hydrogens (tertiary/aromatic N) is 2. The van der Waals surface area contributed by atoms with Crippen molar-refractivity contribution in [3.63, 3.8) is 0 Å². The number of hydrogen-bond acceptors (Lipinski definition) is 6. The molecule has 3 aromatic rings. The Balaban J connectivity index is 1.90. The van der Waals surface area contributed by atoms with Gasteiger partial charge in [0, 0.05) is 18.8 Å². The lowest BCUT2D eigenvalue weighted by Crippen LogP contribution is -2.38. The summed E-state index contributed by atoms with van der Waals surface area (Å²) in [5.74, 6) is -0.0895. The zero-order valence-corrected chi connectivity index (χ0v) is 20.2. The molecular formula is C24H29N3O5S. The molecule has 1 heterocycles. The molecule has 2 N–H and O–H groups in total. The maximum Gasteiger partial charge on any atom is 0.276 e. The van der Waals surface area contributed by atoms with Gasteiger partial charge in [0.25, 0.3) is 11.8 Å². The number of methoxy groups -OCH3 is 1. The first-order chi connectivity index (χ1) is 15.6. The lowest BCUT2D eigenvalue weighted by atomic mass is 10.0. The molecule has 0 radical (unpaired) electrons. The van der Waals surface area contributed by atoms with Crippen LogP contribution in [0.5, 0.6) is 5.75 Å². The molecule has 3 rings (SSSR count). The molecule has 0 fully saturated rings. The van der Waals surface area contributed by atoms with Crippen LogP contribution in [0.2, 0.25) is 0 Å². The van der Waals surface area contributed by atoms with Gasteiger partial charge in [0.15, 0.2) is 11.5 Å². The van der Waals surface area contributed by atoms with Gasteiger partial charge in [-0.1, -0.05) is 17.3 Å². The molecule has 8 nitrogen and oxygen atoms in total. The molecule has 0 spiro atoms. The average molecular weight is 472 g/mol. The van der Waals surface area contributed by atoms with Gasteiger partial charge >= 0.3 is 0 Å². The number of hydrogen-bond donors (Lipinski definition) is 2. The van der Waals surface area contributed by atoms with Crippen LogP contribution in [0, 0.1) is 0 Å². The minimum Gasteiger partial charge on any atom is -0.497 e. The Bertz CT molecular complexity index is 1100. The predicted molar refractivity (Wildman–Crippen MR) is 129 cm³/mol. The minimum absolute atomic E-state index is 0.00497. The molecule has 0 aliphatic heterocycles. The van der Waals surface area contributed by atoms with E-state index in [1.807, 2.05) is 24.3 Å². The third-order valence-electron chi connectivity index (χ3n) is 5.15. The van der Waals surface area contributed by atoms with Gasteiger partial charge < -0.3 is 24.6 Å². The first-order valence-electron chi connectivity index (χ1n) is 10.2.